The molecule has 5 nitrogen and oxygen atoms in total. The van der Waals surface area contributed by atoms with Crippen LogP contribution in [-0.2, 0) is 10.3 Å². The first kappa shape index (κ1) is 19.0. The monoisotopic (exact) mass is 365 g/mol. The first-order valence-corrected chi connectivity index (χ1v) is 9.29. The molecule has 0 saturated carbocycles. The standard InChI is InChI=1S/C20H28FNO4/c1-5-25-17-9-6-13(21)10-16(17)20(24)11-14-7-8-15(12-20)22(14)18(23)26-19(2,3)4/h6,9-10,14-15,24H,5,7-8,11-12H2,1-4H3. The van der Waals surface area contributed by atoms with E-state index >= 15 is 0 Å². The maximum absolute atomic E-state index is 13.9. The van der Waals surface area contributed by atoms with E-state index in [4.69, 9.17) is 9.47 Å². The van der Waals surface area contributed by atoms with Gasteiger partial charge in [0.15, 0.2) is 0 Å². The second-order valence-corrected chi connectivity index (χ2v) is 8.29. The number of nitrogens with zero attached hydrogens (tertiary/aromatic N) is 1. The average molecular weight is 365 g/mol. The van der Waals surface area contributed by atoms with Crippen molar-refractivity contribution in [2.45, 2.75) is 76.7 Å². The van der Waals surface area contributed by atoms with Crippen molar-refractivity contribution < 1.29 is 23.8 Å². The topological polar surface area (TPSA) is 59.0 Å². The highest BCUT2D eigenvalue weighted by Crippen LogP contribution is 2.48. The fourth-order valence-corrected chi connectivity index (χ4v) is 4.20. The van der Waals surface area contributed by atoms with Crippen molar-refractivity contribution >= 4 is 6.09 Å². The molecule has 3 rings (SSSR count). The van der Waals surface area contributed by atoms with Crippen LogP contribution in [0.25, 0.3) is 0 Å². The maximum atomic E-state index is 13.9. The molecule has 26 heavy (non-hydrogen) atoms. The number of aliphatic hydroxyl groups is 1. The quantitative estimate of drug-likeness (QED) is 0.880. The molecule has 0 spiro atoms. The van der Waals surface area contributed by atoms with E-state index in [0.29, 0.717) is 30.8 Å². The number of amides is 1. The summed E-state index contributed by atoms with van der Waals surface area (Å²) in [5.74, 6) is 0.0975. The van der Waals surface area contributed by atoms with E-state index < -0.39 is 17.0 Å². The summed E-state index contributed by atoms with van der Waals surface area (Å²) in [5.41, 5.74) is -1.30. The second-order valence-electron chi connectivity index (χ2n) is 8.29. The average Bonchev–Trinajstić information content (AvgIpc) is 2.80. The van der Waals surface area contributed by atoms with Crippen LogP contribution in [0.5, 0.6) is 5.75 Å². The zero-order chi connectivity index (χ0) is 19.1. The van der Waals surface area contributed by atoms with E-state index in [9.17, 15) is 14.3 Å². The summed E-state index contributed by atoms with van der Waals surface area (Å²) >= 11 is 0. The number of ether oxygens (including phenoxy) is 2. The molecule has 2 aliphatic rings. The van der Waals surface area contributed by atoms with Gasteiger partial charge in [-0.15, -0.1) is 0 Å². The molecule has 2 aliphatic heterocycles. The van der Waals surface area contributed by atoms with E-state index in [2.05, 4.69) is 0 Å². The number of piperidine rings is 1. The van der Waals surface area contributed by atoms with Crippen molar-refractivity contribution in [1.29, 1.82) is 0 Å². The van der Waals surface area contributed by atoms with Gasteiger partial charge in [0.2, 0.25) is 0 Å². The lowest BCUT2D eigenvalue weighted by molar-refractivity contribution is -0.0636. The number of halogens is 1. The Balaban J connectivity index is 1.86. The summed E-state index contributed by atoms with van der Waals surface area (Å²) in [7, 11) is 0. The molecule has 1 aromatic rings. The first-order chi connectivity index (χ1) is 12.1. The van der Waals surface area contributed by atoms with Gasteiger partial charge < -0.3 is 19.5 Å². The molecule has 0 radical (unpaired) electrons. The third kappa shape index (κ3) is 3.65. The largest absolute Gasteiger partial charge is 0.493 e. The maximum Gasteiger partial charge on any atom is 0.410 e. The van der Waals surface area contributed by atoms with Gasteiger partial charge in [-0.2, -0.15) is 0 Å². The first-order valence-electron chi connectivity index (χ1n) is 9.29. The van der Waals surface area contributed by atoms with E-state index in [1.54, 1.807) is 11.0 Å². The van der Waals surface area contributed by atoms with Crippen LogP contribution >= 0.6 is 0 Å². The van der Waals surface area contributed by atoms with Crippen molar-refractivity contribution in [2.75, 3.05) is 6.61 Å². The molecule has 6 heteroatoms. The fraction of sp³-hybridized carbons (Fsp3) is 0.650. The predicted octanol–water partition coefficient (Wildman–Crippen LogP) is 3.97. The van der Waals surface area contributed by atoms with Crippen LogP contribution in [0.4, 0.5) is 9.18 Å². The zero-order valence-electron chi connectivity index (χ0n) is 15.9. The van der Waals surface area contributed by atoms with Gasteiger partial charge in [0, 0.05) is 30.5 Å². The molecule has 2 bridgehead atoms. The van der Waals surface area contributed by atoms with Crippen molar-refractivity contribution in [3.8, 4) is 5.75 Å². The lowest BCUT2D eigenvalue weighted by Crippen LogP contribution is -2.53. The molecule has 1 N–H and O–H groups in total. The SMILES string of the molecule is CCOc1ccc(F)cc1C1(O)CC2CCC(C1)N2C(=O)OC(C)(C)C. The number of hydrogen-bond donors (Lipinski definition) is 1. The van der Waals surface area contributed by atoms with Crippen LogP contribution in [0, 0.1) is 5.82 Å². The molecule has 0 aliphatic carbocycles. The summed E-state index contributed by atoms with van der Waals surface area (Å²) in [6.45, 7) is 7.81. The van der Waals surface area contributed by atoms with Crippen LogP contribution < -0.4 is 4.74 Å². The lowest BCUT2D eigenvalue weighted by atomic mass is 9.80. The Morgan fingerprint density at radius 2 is 1.92 bits per heavy atom. The molecular weight excluding hydrogens is 337 g/mol. The van der Waals surface area contributed by atoms with E-state index in [0.717, 1.165) is 12.8 Å². The highest BCUT2D eigenvalue weighted by Gasteiger charge is 2.52. The number of fused-ring (bicyclic) bond motifs is 2. The van der Waals surface area contributed by atoms with Crippen molar-refractivity contribution in [3.05, 3.63) is 29.6 Å². The minimum Gasteiger partial charge on any atom is -0.493 e. The summed E-state index contributed by atoms with van der Waals surface area (Å²) < 4.78 is 25.0. The highest BCUT2D eigenvalue weighted by molar-refractivity contribution is 5.70. The van der Waals surface area contributed by atoms with Crippen LogP contribution in [-0.4, -0.2) is 40.4 Å². The van der Waals surface area contributed by atoms with Crippen molar-refractivity contribution in [2.24, 2.45) is 0 Å². The summed E-state index contributed by atoms with van der Waals surface area (Å²) in [6, 6.07) is 4.02. The van der Waals surface area contributed by atoms with Crippen LogP contribution in [0.15, 0.2) is 18.2 Å². The Hall–Kier alpha value is -1.82. The molecule has 2 atom stereocenters. The van der Waals surface area contributed by atoms with Gasteiger partial charge in [0.05, 0.1) is 12.2 Å². The Bertz CT molecular complexity index is 671. The Morgan fingerprint density at radius 3 is 2.46 bits per heavy atom. The smallest absolute Gasteiger partial charge is 0.410 e. The predicted molar refractivity (Wildman–Crippen MR) is 95.6 cm³/mol. The van der Waals surface area contributed by atoms with Crippen molar-refractivity contribution in [1.82, 2.24) is 4.90 Å². The molecule has 2 heterocycles. The number of hydrogen-bond acceptors (Lipinski definition) is 4. The van der Waals surface area contributed by atoms with Gasteiger partial charge in [-0.05, 0) is 58.7 Å². The van der Waals surface area contributed by atoms with Gasteiger partial charge in [-0.25, -0.2) is 9.18 Å². The Labute approximate surface area is 154 Å². The fourth-order valence-electron chi connectivity index (χ4n) is 4.20. The van der Waals surface area contributed by atoms with Gasteiger partial charge in [-0.1, -0.05) is 0 Å². The molecule has 1 aromatic carbocycles. The lowest BCUT2D eigenvalue weighted by Gasteiger charge is -2.44. The van der Waals surface area contributed by atoms with Crippen LogP contribution in [0.3, 0.4) is 0 Å². The second kappa shape index (κ2) is 6.72. The normalized spacial score (nSPS) is 28.2. The Kier molecular flexibility index (Phi) is 4.90. The third-order valence-corrected chi connectivity index (χ3v) is 5.11. The zero-order valence-corrected chi connectivity index (χ0v) is 15.9. The van der Waals surface area contributed by atoms with E-state index in [1.807, 2.05) is 27.7 Å². The van der Waals surface area contributed by atoms with Crippen LogP contribution in [0.2, 0.25) is 0 Å². The van der Waals surface area contributed by atoms with E-state index in [1.165, 1.54) is 12.1 Å². The molecule has 2 fully saturated rings. The minimum atomic E-state index is -1.21. The number of benzene rings is 1. The highest BCUT2D eigenvalue weighted by atomic mass is 19.1. The van der Waals surface area contributed by atoms with Gasteiger partial charge in [0.25, 0.3) is 0 Å². The number of rotatable bonds is 3. The van der Waals surface area contributed by atoms with Crippen molar-refractivity contribution in [3.63, 3.8) is 0 Å². The number of carbonyl (C=O) groups is 1. The molecule has 2 saturated heterocycles. The number of carbonyl (C=O) groups excluding carboxylic acids is 1. The molecule has 144 valence electrons. The van der Waals surface area contributed by atoms with Gasteiger partial charge in [-0.3, -0.25) is 0 Å². The van der Waals surface area contributed by atoms with Crippen LogP contribution in [0.1, 0.15) is 58.9 Å². The molecule has 1 amide bonds. The minimum absolute atomic E-state index is 0.119. The summed E-state index contributed by atoms with van der Waals surface area (Å²) in [6.07, 6.45) is 1.99. The summed E-state index contributed by atoms with van der Waals surface area (Å²) in [4.78, 5) is 14.3. The summed E-state index contributed by atoms with van der Waals surface area (Å²) in [5, 5.41) is 11.4. The van der Waals surface area contributed by atoms with E-state index in [-0.39, 0.29) is 18.2 Å². The van der Waals surface area contributed by atoms with Gasteiger partial charge in [0.1, 0.15) is 17.2 Å². The molecular formula is C20H28FNO4. The third-order valence-electron chi connectivity index (χ3n) is 5.11. The van der Waals surface area contributed by atoms with Gasteiger partial charge >= 0.3 is 6.09 Å². The Morgan fingerprint density at radius 1 is 1.31 bits per heavy atom. The molecule has 2 unspecified atom stereocenters. The molecule has 0 aromatic heterocycles.